The molecule has 0 spiro atoms. The van der Waals surface area contributed by atoms with Crippen LogP contribution < -0.4 is 0 Å². The molecule has 0 aliphatic heterocycles. The van der Waals surface area contributed by atoms with Crippen LogP contribution in [0.3, 0.4) is 0 Å². The van der Waals surface area contributed by atoms with Crippen molar-refractivity contribution in [2.45, 2.75) is 19.8 Å². The number of H-pyrrole nitrogens is 1. The first kappa shape index (κ1) is 12.0. The van der Waals surface area contributed by atoms with Crippen molar-refractivity contribution in [2.75, 3.05) is 0 Å². The molecule has 2 aromatic heterocycles. The first-order chi connectivity index (χ1) is 7.56. The molecular formula is C11H11BrN2S2. The van der Waals surface area contributed by atoms with Gasteiger partial charge >= 0.3 is 0 Å². The fourth-order valence-electron chi connectivity index (χ4n) is 1.34. The van der Waals surface area contributed by atoms with Crippen molar-refractivity contribution in [1.82, 2.24) is 9.97 Å². The van der Waals surface area contributed by atoms with Gasteiger partial charge in [-0.3, -0.25) is 0 Å². The summed E-state index contributed by atoms with van der Waals surface area (Å²) in [6.45, 7) is 4.27. The summed E-state index contributed by atoms with van der Waals surface area (Å²) in [5, 5.41) is 2.04. The second kappa shape index (κ2) is 4.77. The first-order valence-corrected chi connectivity index (χ1v) is 7.00. The van der Waals surface area contributed by atoms with Crippen LogP contribution in [0, 0.1) is 4.64 Å². The predicted molar refractivity (Wildman–Crippen MR) is 74.5 cm³/mol. The zero-order valence-electron chi connectivity index (χ0n) is 8.95. The molecule has 0 saturated carbocycles. The first-order valence-electron chi connectivity index (χ1n) is 4.92. The highest BCUT2D eigenvalue weighted by atomic mass is 79.9. The van der Waals surface area contributed by atoms with Crippen LogP contribution in [-0.4, -0.2) is 9.97 Å². The minimum atomic E-state index is 0.423. The number of hydrogen-bond donors (Lipinski definition) is 1. The van der Waals surface area contributed by atoms with E-state index >= 15 is 0 Å². The van der Waals surface area contributed by atoms with Gasteiger partial charge in [0.1, 0.15) is 10.5 Å². The van der Waals surface area contributed by atoms with Gasteiger partial charge in [0.25, 0.3) is 0 Å². The summed E-state index contributed by atoms with van der Waals surface area (Å²) < 4.78 is 1.71. The molecule has 0 aliphatic rings. The molecule has 0 amide bonds. The molecule has 16 heavy (non-hydrogen) atoms. The van der Waals surface area contributed by atoms with Gasteiger partial charge in [-0.2, -0.15) is 0 Å². The van der Waals surface area contributed by atoms with Crippen LogP contribution >= 0.6 is 39.5 Å². The summed E-state index contributed by atoms with van der Waals surface area (Å²) >= 11 is 10.3. The molecule has 0 aromatic carbocycles. The largest absolute Gasteiger partial charge is 0.342 e. The van der Waals surface area contributed by atoms with Crippen molar-refractivity contribution >= 4 is 39.5 Å². The molecular weight excluding hydrogens is 304 g/mol. The number of halogens is 1. The van der Waals surface area contributed by atoms with Crippen LogP contribution in [0.25, 0.3) is 10.7 Å². The number of nitrogens with zero attached hydrogens (tertiary/aromatic N) is 1. The number of hydrogen-bond acceptors (Lipinski definition) is 3. The third-order valence-corrected chi connectivity index (χ3v) is 4.09. The van der Waals surface area contributed by atoms with Gasteiger partial charge in [-0.25, -0.2) is 4.98 Å². The van der Waals surface area contributed by atoms with E-state index in [1.807, 2.05) is 17.5 Å². The third-order valence-electron chi connectivity index (χ3n) is 2.19. The summed E-state index contributed by atoms with van der Waals surface area (Å²) in [5.74, 6) is 1.28. The topological polar surface area (TPSA) is 28.7 Å². The normalized spacial score (nSPS) is 11.0. The summed E-state index contributed by atoms with van der Waals surface area (Å²) in [7, 11) is 0. The summed E-state index contributed by atoms with van der Waals surface area (Å²) in [6.07, 6.45) is 0. The smallest absolute Gasteiger partial charge is 0.149 e. The minimum absolute atomic E-state index is 0.423. The zero-order chi connectivity index (χ0) is 11.7. The van der Waals surface area contributed by atoms with Crippen molar-refractivity contribution in [2.24, 2.45) is 0 Å². The van der Waals surface area contributed by atoms with E-state index in [2.05, 4.69) is 39.7 Å². The monoisotopic (exact) mass is 314 g/mol. The molecule has 2 heterocycles. The molecule has 0 aliphatic carbocycles. The van der Waals surface area contributed by atoms with E-state index in [9.17, 15) is 0 Å². The Morgan fingerprint density at radius 2 is 2.19 bits per heavy atom. The average molecular weight is 315 g/mol. The van der Waals surface area contributed by atoms with Crippen LogP contribution in [-0.2, 0) is 0 Å². The Balaban J connectivity index is 2.53. The Bertz CT molecular complexity index is 557. The quantitative estimate of drug-likeness (QED) is 0.810. The maximum Gasteiger partial charge on any atom is 0.149 e. The standard InChI is InChI=1S/C11H11BrN2S2/c1-6(2)8-4-10(15)14-11(13-8)9-3-7(12)5-16-9/h3-6H,1-2H3,(H,13,14,15). The minimum Gasteiger partial charge on any atom is -0.342 e. The molecule has 0 radical (unpaired) electrons. The van der Waals surface area contributed by atoms with Crippen molar-refractivity contribution in [3.63, 3.8) is 0 Å². The van der Waals surface area contributed by atoms with Gasteiger partial charge in [-0.05, 0) is 34.0 Å². The maximum absolute atomic E-state index is 5.17. The Morgan fingerprint density at radius 3 is 2.75 bits per heavy atom. The van der Waals surface area contributed by atoms with Gasteiger partial charge in [0, 0.05) is 15.5 Å². The van der Waals surface area contributed by atoms with E-state index in [0.29, 0.717) is 10.6 Å². The summed E-state index contributed by atoms with van der Waals surface area (Å²) in [4.78, 5) is 8.77. The van der Waals surface area contributed by atoms with Crippen molar-refractivity contribution in [3.05, 3.63) is 32.3 Å². The molecule has 2 aromatic rings. The van der Waals surface area contributed by atoms with Gasteiger partial charge in [0.15, 0.2) is 0 Å². The second-order valence-electron chi connectivity index (χ2n) is 3.81. The van der Waals surface area contributed by atoms with Gasteiger partial charge < -0.3 is 4.98 Å². The van der Waals surface area contributed by atoms with Crippen molar-refractivity contribution in [1.29, 1.82) is 0 Å². The summed E-state index contributed by atoms with van der Waals surface area (Å²) in [6, 6.07) is 3.97. The lowest BCUT2D eigenvalue weighted by Crippen LogP contribution is -1.96. The van der Waals surface area contributed by atoms with Crippen molar-refractivity contribution < 1.29 is 0 Å². The SMILES string of the molecule is CC(C)c1cc(=S)nc(-c2cc(Br)cs2)[nH]1. The molecule has 0 bridgehead atoms. The molecule has 0 atom stereocenters. The average Bonchev–Trinajstić information content (AvgIpc) is 2.64. The van der Waals surface area contributed by atoms with E-state index in [1.165, 1.54) is 0 Å². The Labute approximate surface area is 112 Å². The third kappa shape index (κ3) is 2.59. The highest BCUT2D eigenvalue weighted by molar-refractivity contribution is 9.10. The van der Waals surface area contributed by atoms with Gasteiger partial charge in [-0.15, -0.1) is 11.3 Å². The molecule has 0 fully saturated rings. The number of rotatable bonds is 2. The van der Waals surface area contributed by atoms with Crippen molar-refractivity contribution in [3.8, 4) is 10.7 Å². The molecule has 2 nitrogen and oxygen atoms in total. The van der Waals surface area contributed by atoms with Crippen LogP contribution in [0.15, 0.2) is 22.0 Å². The number of thiophene rings is 1. The van der Waals surface area contributed by atoms with Crippen LogP contribution in [0.1, 0.15) is 25.5 Å². The van der Waals surface area contributed by atoms with E-state index in [4.69, 9.17) is 12.2 Å². The van der Waals surface area contributed by atoms with Crippen LogP contribution in [0.4, 0.5) is 0 Å². The summed E-state index contributed by atoms with van der Waals surface area (Å²) in [5.41, 5.74) is 1.12. The molecule has 2 rings (SSSR count). The highest BCUT2D eigenvalue weighted by Crippen LogP contribution is 2.28. The van der Waals surface area contributed by atoms with Crippen LogP contribution in [0.2, 0.25) is 0 Å². The van der Waals surface area contributed by atoms with E-state index in [1.54, 1.807) is 11.3 Å². The fraction of sp³-hybridized carbons (Fsp3) is 0.273. The fourth-order valence-corrected chi connectivity index (χ4v) is 2.93. The molecule has 84 valence electrons. The molecule has 0 saturated heterocycles. The predicted octanol–water partition coefficient (Wildman–Crippen LogP) is 4.75. The van der Waals surface area contributed by atoms with E-state index < -0.39 is 0 Å². The Kier molecular flexibility index (Phi) is 3.56. The lowest BCUT2D eigenvalue weighted by molar-refractivity contribution is 0.815. The second-order valence-corrected chi connectivity index (χ2v) is 6.05. The van der Waals surface area contributed by atoms with E-state index in [0.717, 1.165) is 20.9 Å². The van der Waals surface area contributed by atoms with E-state index in [-0.39, 0.29) is 0 Å². The van der Waals surface area contributed by atoms with Crippen LogP contribution in [0.5, 0.6) is 0 Å². The van der Waals surface area contributed by atoms with Gasteiger partial charge in [0.2, 0.25) is 0 Å². The molecule has 5 heteroatoms. The Morgan fingerprint density at radius 1 is 1.44 bits per heavy atom. The maximum atomic E-state index is 5.17. The zero-order valence-corrected chi connectivity index (χ0v) is 12.2. The highest BCUT2D eigenvalue weighted by Gasteiger charge is 2.07. The molecule has 0 unspecified atom stereocenters. The van der Waals surface area contributed by atoms with Gasteiger partial charge in [-0.1, -0.05) is 26.1 Å². The number of nitrogens with one attached hydrogen (secondary N) is 1. The lowest BCUT2D eigenvalue weighted by Gasteiger charge is -2.07. The molecule has 1 N–H and O–H groups in total. The van der Waals surface area contributed by atoms with Gasteiger partial charge in [0.05, 0.1) is 4.88 Å². The lowest BCUT2D eigenvalue weighted by atomic mass is 10.1. The number of aromatic nitrogens is 2. The Hall–Kier alpha value is -0.520. The number of aromatic amines is 1.